The molecule has 0 saturated carbocycles. The molecule has 0 fully saturated rings. The Morgan fingerprint density at radius 2 is 2.11 bits per heavy atom. The minimum Gasteiger partial charge on any atom is -0.391 e. The lowest BCUT2D eigenvalue weighted by Gasteiger charge is -2.06. The molecule has 0 radical (unpaired) electrons. The maximum absolute atomic E-state index is 12.1. The van der Waals surface area contributed by atoms with E-state index in [1.165, 1.54) is 17.4 Å². The number of sulfonamides is 1. The maximum Gasteiger partial charge on any atom is 0.241 e. The summed E-state index contributed by atoms with van der Waals surface area (Å²) in [5.74, 6) is 0. The van der Waals surface area contributed by atoms with Gasteiger partial charge in [-0.2, -0.15) is 0 Å². The van der Waals surface area contributed by atoms with Crippen LogP contribution in [0.4, 0.5) is 0 Å². The number of methoxy groups -OCH3 is 1. The number of hydrogen-bond donors (Lipinski definition) is 2. The number of unbranched alkanes of at least 4 members (excludes halogenated alkanes) is 2. The third-order valence-corrected chi connectivity index (χ3v) is 5.44. The van der Waals surface area contributed by atoms with Gasteiger partial charge in [0.15, 0.2) is 0 Å². The van der Waals surface area contributed by atoms with E-state index in [0.29, 0.717) is 22.9 Å². The highest BCUT2D eigenvalue weighted by Crippen LogP contribution is 2.25. The minimum atomic E-state index is -3.45. The van der Waals surface area contributed by atoms with Crippen molar-refractivity contribution in [2.75, 3.05) is 20.3 Å². The van der Waals surface area contributed by atoms with Crippen molar-refractivity contribution in [1.29, 1.82) is 0 Å². The molecule has 1 aromatic rings. The van der Waals surface area contributed by atoms with Crippen LogP contribution in [0.25, 0.3) is 0 Å². The Kier molecular flexibility index (Phi) is 6.95. The lowest BCUT2D eigenvalue weighted by atomic mass is 10.2. The zero-order chi connectivity index (χ0) is 14.3. The number of rotatable bonds is 9. The number of aliphatic hydroxyl groups is 1. The van der Waals surface area contributed by atoms with Crippen LogP contribution in [-0.2, 0) is 21.4 Å². The molecule has 110 valence electrons. The number of ether oxygens (including phenoxy) is 1. The molecule has 0 unspecified atom stereocenters. The van der Waals surface area contributed by atoms with Crippen LogP contribution >= 0.6 is 11.3 Å². The fourth-order valence-electron chi connectivity index (χ4n) is 1.70. The van der Waals surface area contributed by atoms with Gasteiger partial charge in [0.1, 0.15) is 0 Å². The molecular weight excluding hydrogens is 286 g/mol. The fourth-order valence-corrected chi connectivity index (χ4v) is 4.27. The van der Waals surface area contributed by atoms with Crippen molar-refractivity contribution in [2.24, 2.45) is 0 Å². The normalized spacial score (nSPS) is 11.9. The number of thiophene rings is 1. The van der Waals surface area contributed by atoms with Crippen LogP contribution in [0.1, 0.15) is 29.0 Å². The van der Waals surface area contributed by atoms with E-state index in [0.717, 1.165) is 19.3 Å². The van der Waals surface area contributed by atoms with Crippen molar-refractivity contribution in [3.8, 4) is 0 Å². The molecule has 0 aliphatic carbocycles. The molecular formula is C12H21NO4S2. The van der Waals surface area contributed by atoms with Crippen molar-refractivity contribution in [1.82, 2.24) is 4.72 Å². The Labute approximate surface area is 118 Å². The average Bonchev–Trinajstić information content (AvgIpc) is 2.76. The van der Waals surface area contributed by atoms with Crippen LogP contribution in [-0.4, -0.2) is 33.8 Å². The first kappa shape index (κ1) is 16.6. The first-order valence-electron chi connectivity index (χ1n) is 6.20. The molecule has 5 nitrogen and oxygen atoms in total. The lowest BCUT2D eigenvalue weighted by Crippen LogP contribution is -2.25. The van der Waals surface area contributed by atoms with E-state index in [9.17, 15) is 8.42 Å². The molecule has 0 amide bonds. The summed E-state index contributed by atoms with van der Waals surface area (Å²) in [5.41, 5.74) is 0. The van der Waals surface area contributed by atoms with Crippen LogP contribution in [0, 0.1) is 6.92 Å². The molecule has 1 rings (SSSR count). The van der Waals surface area contributed by atoms with E-state index in [-0.39, 0.29) is 11.5 Å². The largest absolute Gasteiger partial charge is 0.391 e. The first-order chi connectivity index (χ1) is 9.01. The van der Waals surface area contributed by atoms with Gasteiger partial charge < -0.3 is 9.84 Å². The van der Waals surface area contributed by atoms with E-state index < -0.39 is 10.0 Å². The SMILES string of the molecule is COCCCCCNS(=O)(=O)c1cc(CO)sc1C. The minimum absolute atomic E-state index is 0.127. The third kappa shape index (κ3) is 5.19. The highest BCUT2D eigenvalue weighted by atomic mass is 32.2. The van der Waals surface area contributed by atoms with Gasteiger partial charge in [-0.05, 0) is 32.3 Å². The summed E-state index contributed by atoms with van der Waals surface area (Å²) >= 11 is 1.31. The molecule has 1 aromatic heterocycles. The molecule has 0 spiro atoms. The fraction of sp³-hybridized carbons (Fsp3) is 0.667. The van der Waals surface area contributed by atoms with Gasteiger partial charge in [0.2, 0.25) is 10.0 Å². The summed E-state index contributed by atoms with van der Waals surface area (Å²) in [6.07, 6.45) is 2.66. The first-order valence-corrected chi connectivity index (χ1v) is 8.50. The molecule has 0 aliphatic rings. The monoisotopic (exact) mass is 307 g/mol. The molecule has 0 aliphatic heterocycles. The second-order valence-electron chi connectivity index (χ2n) is 4.24. The Hall–Kier alpha value is -0.470. The van der Waals surface area contributed by atoms with Gasteiger partial charge >= 0.3 is 0 Å². The summed E-state index contributed by atoms with van der Waals surface area (Å²) in [6, 6.07) is 1.53. The number of aliphatic hydroxyl groups excluding tert-OH is 1. The van der Waals surface area contributed by atoms with Gasteiger partial charge in [-0.1, -0.05) is 0 Å². The number of nitrogens with one attached hydrogen (secondary N) is 1. The summed E-state index contributed by atoms with van der Waals surface area (Å²) in [6.45, 7) is 2.75. The van der Waals surface area contributed by atoms with Crippen molar-refractivity contribution in [3.63, 3.8) is 0 Å². The Balaban J connectivity index is 2.49. The van der Waals surface area contributed by atoms with E-state index in [4.69, 9.17) is 9.84 Å². The van der Waals surface area contributed by atoms with E-state index >= 15 is 0 Å². The highest BCUT2D eigenvalue weighted by Gasteiger charge is 2.18. The highest BCUT2D eigenvalue weighted by molar-refractivity contribution is 7.89. The van der Waals surface area contributed by atoms with Gasteiger partial charge in [-0.15, -0.1) is 11.3 Å². The van der Waals surface area contributed by atoms with Crippen LogP contribution < -0.4 is 4.72 Å². The van der Waals surface area contributed by atoms with E-state index in [1.807, 2.05) is 0 Å². The van der Waals surface area contributed by atoms with Crippen LogP contribution in [0.3, 0.4) is 0 Å². The predicted octanol–water partition coefficient (Wildman–Crippen LogP) is 1.64. The molecule has 19 heavy (non-hydrogen) atoms. The second-order valence-corrected chi connectivity index (χ2v) is 7.32. The standard InChI is InChI=1S/C12H21NO4S2/c1-10-12(8-11(9-14)18-10)19(15,16)13-6-4-3-5-7-17-2/h8,13-14H,3-7,9H2,1-2H3. The zero-order valence-electron chi connectivity index (χ0n) is 11.3. The Morgan fingerprint density at radius 3 is 2.68 bits per heavy atom. The molecule has 1 heterocycles. The Bertz CT molecular complexity index is 482. The zero-order valence-corrected chi connectivity index (χ0v) is 12.9. The van der Waals surface area contributed by atoms with Gasteiger partial charge in [-0.25, -0.2) is 13.1 Å². The van der Waals surface area contributed by atoms with Crippen LogP contribution in [0.5, 0.6) is 0 Å². The smallest absolute Gasteiger partial charge is 0.241 e. The summed E-state index contributed by atoms with van der Waals surface area (Å²) < 4.78 is 31.6. The lowest BCUT2D eigenvalue weighted by molar-refractivity contribution is 0.192. The van der Waals surface area contributed by atoms with Crippen molar-refractivity contribution >= 4 is 21.4 Å². The molecule has 0 atom stereocenters. The van der Waals surface area contributed by atoms with E-state index in [2.05, 4.69) is 4.72 Å². The summed E-state index contributed by atoms with van der Waals surface area (Å²) in [5, 5.41) is 9.02. The molecule has 2 N–H and O–H groups in total. The van der Waals surface area contributed by atoms with Gasteiger partial charge in [-0.3, -0.25) is 0 Å². The van der Waals surface area contributed by atoms with E-state index in [1.54, 1.807) is 14.0 Å². The molecule has 0 bridgehead atoms. The quantitative estimate of drug-likeness (QED) is 0.680. The van der Waals surface area contributed by atoms with Crippen molar-refractivity contribution in [2.45, 2.75) is 37.7 Å². The molecule has 7 heteroatoms. The van der Waals surface area contributed by atoms with Crippen molar-refractivity contribution < 1.29 is 18.3 Å². The predicted molar refractivity (Wildman–Crippen MR) is 75.9 cm³/mol. The molecule has 0 saturated heterocycles. The van der Waals surface area contributed by atoms with Crippen LogP contribution in [0.2, 0.25) is 0 Å². The number of aryl methyl sites for hydroxylation is 1. The number of hydrogen-bond acceptors (Lipinski definition) is 5. The maximum atomic E-state index is 12.1. The second kappa shape index (κ2) is 7.96. The van der Waals surface area contributed by atoms with Gasteiger partial charge in [0, 0.05) is 30.0 Å². The topological polar surface area (TPSA) is 75.6 Å². The van der Waals surface area contributed by atoms with Crippen LogP contribution in [0.15, 0.2) is 11.0 Å². The summed E-state index contributed by atoms with van der Waals surface area (Å²) in [4.78, 5) is 1.65. The van der Waals surface area contributed by atoms with Crippen molar-refractivity contribution in [3.05, 3.63) is 15.8 Å². The summed E-state index contributed by atoms with van der Waals surface area (Å²) in [7, 11) is -1.80. The van der Waals surface area contributed by atoms with Gasteiger partial charge in [0.05, 0.1) is 11.5 Å². The third-order valence-electron chi connectivity index (χ3n) is 2.69. The average molecular weight is 307 g/mol. The molecule has 0 aromatic carbocycles. The Morgan fingerprint density at radius 1 is 1.37 bits per heavy atom. The van der Waals surface area contributed by atoms with Gasteiger partial charge in [0.25, 0.3) is 0 Å².